The van der Waals surface area contributed by atoms with Gasteiger partial charge >= 0.3 is 0 Å². The number of nitrogens with one attached hydrogen (secondary N) is 1. The maximum absolute atomic E-state index is 12.2. The van der Waals surface area contributed by atoms with E-state index >= 15 is 0 Å². The quantitative estimate of drug-likeness (QED) is 0.884. The number of amides is 1. The highest BCUT2D eigenvalue weighted by Gasteiger charge is 2.29. The fourth-order valence-corrected chi connectivity index (χ4v) is 5.10. The fraction of sp³-hybridized carbons (Fsp3) is 0.462. The van der Waals surface area contributed by atoms with Crippen LogP contribution in [0.4, 0.5) is 0 Å². The second kappa shape index (κ2) is 6.51. The van der Waals surface area contributed by atoms with Crippen molar-refractivity contribution in [2.45, 2.75) is 5.60 Å². The first-order valence-corrected chi connectivity index (χ1v) is 9.59. The van der Waals surface area contributed by atoms with Crippen LogP contribution in [0, 0.1) is 0 Å². The number of fused-ring (bicyclic) bond motifs is 1. The van der Waals surface area contributed by atoms with Crippen LogP contribution in [0.15, 0.2) is 18.2 Å². The van der Waals surface area contributed by atoms with Gasteiger partial charge in [-0.05, 0) is 18.2 Å². The van der Waals surface area contributed by atoms with Crippen molar-refractivity contribution in [1.82, 2.24) is 14.1 Å². The Bertz CT molecular complexity index is 638. The average molecular weight is 341 g/mol. The molecule has 0 bridgehead atoms. The summed E-state index contributed by atoms with van der Waals surface area (Å²) in [6.07, 6.45) is 0. The molecule has 1 aliphatic rings. The second-order valence-electron chi connectivity index (χ2n) is 4.98. The van der Waals surface area contributed by atoms with Crippen LogP contribution in [0.2, 0.25) is 0 Å². The van der Waals surface area contributed by atoms with E-state index in [2.05, 4.69) is 14.1 Å². The lowest BCUT2D eigenvalue weighted by atomic mass is 10.1. The van der Waals surface area contributed by atoms with E-state index in [4.69, 9.17) is 0 Å². The van der Waals surface area contributed by atoms with E-state index < -0.39 is 5.60 Å². The Balaban J connectivity index is 1.65. The van der Waals surface area contributed by atoms with Crippen LogP contribution in [0.1, 0.15) is 10.4 Å². The lowest BCUT2D eigenvalue weighted by molar-refractivity contribution is 0.0753. The van der Waals surface area contributed by atoms with Crippen molar-refractivity contribution in [3.05, 3.63) is 23.8 Å². The molecule has 2 heterocycles. The topological polar surface area (TPSA) is 75.1 Å². The Kier molecular flexibility index (Phi) is 4.68. The minimum atomic E-state index is -0.826. The molecule has 0 spiro atoms. The number of benzene rings is 1. The number of aromatic nitrogens is 2. The third-order valence-corrected chi connectivity index (χ3v) is 6.49. The van der Waals surface area contributed by atoms with Crippen LogP contribution in [-0.2, 0) is 0 Å². The van der Waals surface area contributed by atoms with Crippen molar-refractivity contribution in [2.24, 2.45) is 0 Å². The number of carbonyl (C=O) groups is 1. The van der Waals surface area contributed by atoms with Gasteiger partial charge in [0.2, 0.25) is 0 Å². The van der Waals surface area contributed by atoms with E-state index in [-0.39, 0.29) is 12.5 Å². The van der Waals surface area contributed by atoms with Gasteiger partial charge < -0.3 is 10.4 Å². The molecule has 0 unspecified atom stereocenters. The minimum Gasteiger partial charge on any atom is -0.386 e. The second-order valence-corrected chi connectivity index (χ2v) is 7.72. The van der Waals surface area contributed by atoms with Gasteiger partial charge in [0.15, 0.2) is 0 Å². The van der Waals surface area contributed by atoms with Gasteiger partial charge in [0, 0.05) is 35.1 Å². The van der Waals surface area contributed by atoms with E-state index in [1.165, 1.54) is 0 Å². The van der Waals surface area contributed by atoms with Gasteiger partial charge in [0.05, 0.1) is 17.3 Å². The SMILES string of the molecule is O=C(NCC1(O)CSCCSC1)c1ccc2nsnc2c1. The molecule has 2 N–H and O–H groups in total. The predicted molar refractivity (Wildman–Crippen MR) is 89.3 cm³/mol. The summed E-state index contributed by atoms with van der Waals surface area (Å²) in [4.78, 5) is 12.2. The number of thioether (sulfide) groups is 2. The Morgan fingerprint density at radius 1 is 1.24 bits per heavy atom. The van der Waals surface area contributed by atoms with Crippen molar-refractivity contribution in [3.63, 3.8) is 0 Å². The van der Waals surface area contributed by atoms with Gasteiger partial charge in [-0.2, -0.15) is 32.3 Å². The summed E-state index contributed by atoms with van der Waals surface area (Å²) >= 11 is 4.60. The van der Waals surface area contributed by atoms with Crippen LogP contribution >= 0.6 is 35.3 Å². The average Bonchev–Trinajstić information content (AvgIpc) is 2.85. The maximum atomic E-state index is 12.2. The van der Waals surface area contributed by atoms with E-state index in [0.717, 1.165) is 34.3 Å². The molecule has 112 valence electrons. The molecule has 0 radical (unpaired) electrons. The third kappa shape index (κ3) is 3.68. The first kappa shape index (κ1) is 15.1. The molecule has 1 aromatic carbocycles. The molecule has 1 saturated heterocycles. The smallest absolute Gasteiger partial charge is 0.251 e. The lowest BCUT2D eigenvalue weighted by Crippen LogP contribution is -2.46. The van der Waals surface area contributed by atoms with Crippen LogP contribution in [0.5, 0.6) is 0 Å². The molecule has 2 aromatic rings. The van der Waals surface area contributed by atoms with Crippen LogP contribution < -0.4 is 5.32 Å². The van der Waals surface area contributed by atoms with E-state index in [1.54, 1.807) is 41.7 Å². The molecule has 1 fully saturated rings. The molecular weight excluding hydrogens is 326 g/mol. The number of hydrogen-bond acceptors (Lipinski definition) is 7. The molecule has 3 rings (SSSR count). The summed E-state index contributed by atoms with van der Waals surface area (Å²) in [7, 11) is 0. The largest absolute Gasteiger partial charge is 0.386 e. The van der Waals surface area contributed by atoms with Crippen molar-refractivity contribution in [3.8, 4) is 0 Å². The van der Waals surface area contributed by atoms with Crippen molar-refractivity contribution >= 4 is 52.2 Å². The lowest BCUT2D eigenvalue weighted by Gasteiger charge is -2.25. The number of rotatable bonds is 3. The zero-order valence-electron chi connectivity index (χ0n) is 11.2. The molecule has 1 aromatic heterocycles. The summed E-state index contributed by atoms with van der Waals surface area (Å²) in [6.45, 7) is 0.277. The van der Waals surface area contributed by atoms with Crippen LogP contribution in [0.25, 0.3) is 11.0 Å². The summed E-state index contributed by atoms with van der Waals surface area (Å²) in [5.41, 5.74) is 1.25. The van der Waals surface area contributed by atoms with Gasteiger partial charge in [-0.1, -0.05) is 0 Å². The number of carbonyl (C=O) groups excluding carboxylic acids is 1. The van der Waals surface area contributed by atoms with E-state index in [0.29, 0.717) is 17.1 Å². The monoisotopic (exact) mass is 341 g/mol. The zero-order chi connectivity index (χ0) is 14.7. The highest BCUT2D eigenvalue weighted by atomic mass is 32.2. The van der Waals surface area contributed by atoms with E-state index in [1.807, 2.05) is 0 Å². The van der Waals surface area contributed by atoms with Gasteiger partial charge in [-0.25, -0.2) is 0 Å². The molecular formula is C13H15N3O2S3. The third-order valence-electron chi connectivity index (χ3n) is 3.21. The molecule has 0 aliphatic carbocycles. The fourth-order valence-electron chi connectivity index (χ4n) is 2.06. The van der Waals surface area contributed by atoms with Crippen molar-refractivity contribution < 1.29 is 9.90 Å². The Labute approximate surface area is 135 Å². The minimum absolute atomic E-state index is 0.183. The van der Waals surface area contributed by atoms with E-state index in [9.17, 15) is 9.90 Å². The Morgan fingerprint density at radius 2 is 1.95 bits per heavy atom. The van der Waals surface area contributed by atoms with Gasteiger partial charge in [0.25, 0.3) is 5.91 Å². The molecule has 5 nitrogen and oxygen atoms in total. The number of hydrogen-bond donors (Lipinski definition) is 2. The molecule has 1 amide bonds. The maximum Gasteiger partial charge on any atom is 0.251 e. The molecule has 8 heteroatoms. The van der Waals surface area contributed by atoms with Crippen LogP contribution in [0.3, 0.4) is 0 Å². The summed E-state index contributed by atoms with van der Waals surface area (Å²) in [5.74, 6) is 3.24. The molecule has 21 heavy (non-hydrogen) atoms. The standard InChI is InChI=1S/C13H15N3O2S3/c17-12(9-1-2-10-11(5-9)16-21-15-10)14-6-13(18)7-19-3-4-20-8-13/h1-2,5,18H,3-4,6-8H2,(H,14,17). The van der Waals surface area contributed by atoms with Gasteiger partial charge in [-0.15, -0.1) is 0 Å². The normalized spacial score (nSPS) is 18.3. The number of nitrogens with zero attached hydrogens (tertiary/aromatic N) is 2. The Morgan fingerprint density at radius 3 is 2.71 bits per heavy atom. The van der Waals surface area contributed by atoms with Crippen LogP contribution in [-0.4, -0.2) is 54.9 Å². The van der Waals surface area contributed by atoms with Gasteiger partial charge in [-0.3, -0.25) is 4.79 Å². The zero-order valence-corrected chi connectivity index (χ0v) is 13.7. The first-order valence-electron chi connectivity index (χ1n) is 6.55. The summed E-state index contributed by atoms with van der Waals surface area (Å²) in [5, 5.41) is 13.3. The predicted octanol–water partition coefficient (Wildman–Crippen LogP) is 1.63. The highest BCUT2D eigenvalue weighted by molar-refractivity contribution is 8.03. The highest BCUT2D eigenvalue weighted by Crippen LogP contribution is 2.24. The summed E-state index contributed by atoms with van der Waals surface area (Å²) in [6, 6.07) is 5.26. The Hall–Kier alpha value is -0.830. The van der Waals surface area contributed by atoms with Gasteiger partial charge in [0.1, 0.15) is 11.0 Å². The molecule has 1 aliphatic heterocycles. The summed E-state index contributed by atoms with van der Waals surface area (Å²) < 4.78 is 8.25. The molecule has 0 atom stereocenters. The van der Waals surface area contributed by atoms with Crippen molar-refractivity contribution in [2.75, 3.05) is 29.6 Å². The number of aliphatic hydroxyl groups is 1. The molecule has 0 saturated carbocycles. The van der Waals surface area contributed by atoms with Crippen molar-refractivity contribution in [1.29, 1.82) is 0 Å². The first-order chi connectivity index (χ1) is 10.2.